The summed E-state index contributed by atoms with van der Waals surface area (Å²) in [7, 11) is 0. The topological polar surface area (TPSA) is 25.8 Å². The SMILES string of the molecule is C[CH-]c1ccc2nccnc2c1.[Y+3]. The van der Waals surface area contributed by atoms with E-state index in [1.807, 2.05) is 31.5 Å². The fourth-order valence-electron chi connectivity index (χ4n) is 1.16. The molecule has 0 spiro atoms. The molecule has 0 N–H and O–H groups in total. The minimum atomic E-state index is 0. The van der Waals surface area contributed by atoms with Crippen LogP contribution in [0.1, 0.15) is 12.5 Å². The van der Waals surface area contributed by atoms with Crippen molar-refractivity contribution in [3.05, 3.63) is 42.6 Å². The molecule has 60 valence electrons. The van der Waals surface area contributed by atoms with Gasteiger partial charge >= 0.3 is 32.7 Å². The number of aromatic nitrogens is 2. The van der Waals surface area contributed by atoms with E-state index in [9.17, 15) is 0 Å². The Morgan fingerprint density at radius 1 is 1.08 bits per heavy atom. The van der Waals surface area contributed by atoms with Crippen LogP contribution in [0.15, 0.2) is 30.6 Å². The molecule has 1 aromatic carbocycles. The monoisotopic (exact) mass is 246 g/mol. The maximum atomic E-state index is 4.21. The first kappa shape index (κ1) is 10.6. The Labute approximate surface area is 103 Å². The molecule has 13 heavy (non-hydrogen) atoms. The van der Waals surface area contributed by atoms with E-state index in [4.69, 9.17) is 0 Å². The largest absolute Gasteiger partial charge is 3.00 e. The van der Waals surface area contributed by atoms with Crippen molar-refractivity contribution < 1.29 is 32.7 Å². The summed E-state index contributed by atoms with van der Waals surface area (Å²) in [5.41, 5.74) is 3.08. The Bertz CT molecular complexity index is 401. The van der Waals surface area contributed by atoms with Crippen LogP contribution in [0.4, 0.5) is 0 Å². The molecule has 2 nitrogen and oxygen atoms in total. The van der Waals surface area contributed by atoms with Crippen molar-refractivity contribution in [2.75, 3.05) is 0 Å². The zero-order chi connectivity index (χ0) is 8.39. The second kappa shape index (κ2) is 4.68. The van der Waals surface area contributed by atoms with Crippen LogP contribution in [-0.2, 0) is 32.7 Å². The molecule has 0 unspecified atom stereocenters. The van der Waals surface area contributed by atoms with Gasteiger partial charge in [0.15, 0.2) is 0 Å². The third-order valence-corrected chi connectivity index (χ3v) is 1.83. The van der Waals surface area contributed by atoms with Gasteiger partial charge in [-0.1, -0.05) is 13.0 Å². The summed E-state index contributed by atoms with van der Waals surface area (Å²) in [4.78, 5) is 8.39. The molecule has 0 aliphatic rings. The third kappa shape index (κ3) is 2.26. The molecule has 3 heteroatoms. The van der Waals surface area contributed by atoms with Gasteiger partial charge in [-0.2, -0.15) is 18.1 Å². The quantitative estimate of drug-likeness (QED) is 0.721. The Balaban J connectivity index is 0.000000845. The van der Waals surface area contributed by atoms with Gasteiger partial charge in [-0.3, -0.25) is 9.97 Å². The molecular formula is C10H9N2Y+2. The normalized spacial score (nSPS) is 9.31. The third-order valence-electron chi connectivity index (χ3n) is 1.83. The summed E-state index contributed by atoms with van der Waals surface area (Å²) in [6.45, 7) is 2.01. The molecular weight excluding hydrogens is 237 g/mol. The van der Waals surface area contributed by atoms with Crippen molar-refractivity contribution in [2.24, 2.45) is 0 Å². The van der Waals surface area contributed by atoms with Crippen LogP contribution in [0, 0.1) is 6.42 Å². The van der Waals surface area contributed by atoms with Gasteiger partial charge in [-0.25, -0.2) is 0 Å². The average molecular weight is 246 g/mol. The van der Waals surface area contributed by atoms with E-state index in [0.29, 0.717) is 0 Å². The molecule has 0 aliphatic carbocycles. The molecule has 2 aromatic rings. The number of hydrogen-bond donors (Lipinski definition) is 0. The Kier molecular flexibility index (Phi) is 3.82. The molecule has 1 heterocycles. The fraction of sp³-hybridized carbons (Fsp3) is 0.100. The number of rotatable bonds is 1. The minimum absolute atomic E-state index is 0. The van der Waals surface area contributed by atoms with Crippen LogP contribution in [0.25, 0.3) is 11.0 Å². The summed E-state index contributed by atoms with van der Waals surface area (Å²) in [5.74, 6) is 0. The molecule has 0 bridgehead atoms. The van der Waals surface area contributed by atoms with Crippen LogP contribution in [0.5, 0.6) is 0 Å². The van der Waals surface area contributed by atoms with Crippen molar-refractivity contribution in [3.8, 4) is 0 Å². The fourth-order valence-corrected chi connectivity index (χ4v) is 1.16. The summed E-state index contributed by atoms with van der Waals surface area (Å²) in [6, 6.07) is 6.05. The Morgan fingerprint density at radius 3 is 2.46 bits per heavy atom. The maximum Gasteiger partial charge on any atom is 3.00 e. The summed E-state index contributed by atoms with van der Waals surface area (Å²) in [6.07, 6.45) is 5.47. The van der Waals surface area contributed by atoms with Gasteiger partial charge in [-0.15, -0.1) is 6.07 Å². The minimum Gasteiger partial charge on any atom is -0.266 e. The van der Waals surface area contributed by atoms with Gasteiger partial charge in [0.1, 0.15) is 0 Å². The Hall–Kier alpha value is -0.466. The van der Waals surface area contributed by atoms with Gasteiger partial charge < -0.3 is 0 Å². The molecule has 1 aromatic heterocycles. The van der Waals surface area contributed by atoms with Crippen molar-refractivity contribution in [2.45, 2.75) is 6.92 Å². The van der Waals surface area contributed by atoms with Crippen molar-refractivity contribution in [1.29, 1.82) is 0 Å². The van der Waals surface area contributed by atoms with Crippen LogP contribution in [0.2, 0.25) is 0 Å². The number of nitrogens with zero attached hydrogens (tertiary/aromatic N) is 2. The van der Waals surface area contributed by atoms with Crippen molar-refractivity contribution in [1.82, 2.24) is 9.97 Å². The van der Waals surface area contributed by atoms with E-state index < -0.39 is 0 Å². The molecule has 0 atom stereocenters. The first-order chi connectivity index (χ1) is 5.90. The molecule has 0 fully saturated rings. The maximum absolute atomic E-state index is 4.21. The molecule has 2 rings (SSSR count). The predicted octanol–water partition coefficient (Wildman–Crippen LogP) is 2.20. The second-order valence-corrected chi connectivity index (χ2v) is 2.59. The van der Waals surface area contributed by atoms with Crippen molar-refractivity contribution in [3.63, 3.8) is 0 Å². The summed E-state index contributed by atoms with van der Waals surface area (Å²) >= 11 is 0. The molecule has 0 radical (unpaired) electrons. The standard InChI is InChI=1S/C10H9N2.Y/c1-2-8-3-4-9-10(7-8)12-6-5-11-9;/h2-7H,1H3;/q-1;+3. The first-order valence-electron chi connectivity index (χ1n) is 3.90. The zero-order valence-corrected chi connectivity index (χ0v) is 10.3. The second-order valence-electron chi connectivity index (χ2n) is 2.59. The van der Waals surface area contributed by atoms with Crippen molar-refractivity contribution >= 4 is 11.0 Å². The van der Waals surface area contributed by atoms with E-state index in [1.165, 1.54) is 5.56 Å². The van der Waals surface area contributed by atoms with E-state index in [1.54, 1.807) is 12.4 Å². The van der Waals surface area contributed by atoms with Crippen LogP contribution in [-0.4, -0.2) is 9.97 Å². The molecule has 0 saturated carbocycles. The average Bonchev–Trinajstić information content (AvgIpc) is 2.17. The summed E-state index contributed by atoms with van der Waals surface area (Å²) < 4.78 is 0. The van der Waals surface area contributed by atoms with E-state index in [-0.39, 0.29) is 32.7 Å². The van der Waals surface area contributed by atoms with E-state index in [0.717, 1.165) is 11.0 Å². The predicted molar refractivity (Wildman–Crippen MR) is 48.6 cm³/mol. The number of benzene rings is 1. The smallest absolute Gasteiger partial charge is 0.266 e. The van der Waals surface area contributed by atoms with Crippen LogP contribution < -0.4 is 0 Å². The number of fused-ring (bicyclic) bond motifs is 1. The first-order valence-corrected chi connectivity index (χ1v) is 3.90. The zero-order valence-electron chi connectivity index (χ0n) is 7.44. The molecule has 0 aliphatic heterocycles. The Morgan fingerprint density at radius 2 is 1.77 bits per heavy atom. The van der Waals surface area contributed by atoms with Gasteiger partial charge in [0.2, 0.25) is 0 Å². The van der Waals surface area contributed by atoms with E-state index >= 15 is 0 Å². The van der Waals surface area contributed by atoms with Crippen LogP contribution >= 0.6 is 0 Å². The molecule has 0 saturated heterocycles. The van der Waals surface area contributed by atoms with E-state index in [2.05, 4.69) is 9.97 Å². The molecule has 0 amide bonds. The number of hydrogen-bond acceptors (Lipinski definition) is 2. The van der Waals surface area contributed by atoms with Gasteiger partial charge in [0.25, 0.3) is 0 Å². The van der Waals surface area contributed by atoms with Gasteiger partial charge in [0.05, 0.1) is 5.52 Å². The summed E-state index contributed by atoms with van der Waals surface area (Å²) in [5, 5.41) is 0. The van der Waals surface area contributed by atoms with Gasteiger partial charge in [-0.05, 0) is 0 Å². The van der Waals surface area contributed by atoms with Crippen LogP contribution in [0.3, 0.4) is 0 Å². The van der Waals surface area contributed by atoms with Gasteiger partial charge in [0, 0.05) is 17.9 Å².